The van der Waals surface area contributed by atoms with Crippen molar-refractivity contribution < 1.29 is 5.11 Å². The summed E-state index contributed by atoms with van der Waals surface area (Å²) >= 11 is 0. The van der Waals surface area contributed by atoms with Crippen molar-refractivity contribution in [1.82, 2.24) is 0 Å². The van der Waals surface area contributed by atoms with Gasteiger partial charge in [-0.25, -0.2) is 0 Å². The molecule has 0 unspecified atom stereocenters. The Morgan fingerprint density at radius 2 is 2.50 bits per heavy atom. The molecule has 1 N–H and O–H groups in total. The molecule has 0 aromatic rings. The van der Waals surface area contributed by atoms with Crippen LogP contribution >= 0.6 is 0 Å². The van der Waals surface area contributed by atoms with Crippen molar-refractivity contribution in [1.29, 1.82) is 0 Å². The van der Waals surface area contributed by atoms with Crippen molar-refractivity contribution in [2.45, 2.75) is 32.3 Å². The van der Waals surface area contributed by atoms with Crippen LogP contribution in [0.15, 0.2) is 23.8 Å². The molecular weight excluding hydrogens is 124 g/mol. The lowest BCUT2D eigenvalue weighted by Gasteiger charge is -2.01. The minimum Gasteiger partial charge on any atom is -0.389 e. The molecule has 1 aliphatic carbocycles. The highest BCUT2D eigenvalue weighted by Crippen LogP contribution is 2.28. The summed E-state index contributed by atoms with van der Waals surface area (Å²) in [7, 11) is 0. The largest absolute Gasteiger partial charge is 0.389 e. The highest BCUT2D eigenvalue weighted by Gasteiger charge is 2.17. The van der Waals surface area contributed by atoms with Gasteiger partial charge >= 0.3 is 0 Å². The lowest BCUT2D eigenvalue weighted by atomic mass is 10.1. The van der Waals surface area contributed by atoms with Crippen molar-refractivity contribution >= 4 is 0 Å². The van der Waals surface area contributed by atoms with Gasteiger partial charge in [0.15, 0.2) is 0 Å². The van der Waals surface area contributed by atoms with Crippen LogP contribution in [0.4, 0.5) is 0 Å². The predicted molar refractivity (Wildman–Crippen MR) is 42.8 cm³/mol. The van der Waals surface area contributed by atoms with Crippen LogP contribution in [-0.4, -0.2) is 11.2 Å². The molecule has 0 fully saturated rings. The molecule has 0 heterocycles. The van der Waals surface area contributed by atoms with Gasteiger partial charge < -0.3 is 5.11 Å². The van der Waals surface area contributed by atoms with E-state index in [9.17, 15) is 5.11 Å². The summed E-state index contributed by atoms with van der Waals surface area (Å²) in [5.74, 6) is 0. The standard InChI is InChI=1S/C9H14O/c1-3-4-8-5-6-9(10)7(8)2/h3,9-10H,1,4-6H2,2H3/t9-/m0/s1. The zero-order valence-electron chi connectivity index (χ0n) is 6.43. The summed E-state index contributed by atoms with van der Waals surface area (Å²) in [5, 5.41) is 9.30. The average molecular weight is 138 g/mol. The number of aliphatic hydroxyl groups excluding tert-OH is 1. The number of rotatable bonds is 2. The zero-order chi connectivity index (χ0) is 7.56. The van der Waals surface area contributed by atoms with Gasteiger partial charge in [-0.1, -0.05) is 11.6 Å². The van der Waals surface area contributed by atoms with Gasteiger partial charge in [0.05, 0.1) is 6.10 Å². The molecule has 1 atom stereocenters. The molecule has 0 saturated heterocycles. The topological polar surface area (TPSA) is 20.2 Å². The average Bonchev–Trinajstić information content (AvgIpc) is 2.20. The first-order chi connectivity index (χ1) is 4.75. The van der Waals surface area contributed by atoms with Crippen LogP contribution in [0.5, 0.6) is 0 Å². The summed E-state index contributed by atoms with van der Waals surface area (Å²) in [4.78, 5) is 0. The second-order valence-electron chi connectivity index (χ2n) is 2.83. The van der Waals surface area contributed by atoms with E-state index in [-0.39, 0.29) is 6.10 Å². The van der Waals surface area contributed by atoms with Crippen LogP contribution in [0.25, 0.3) is 0 Å². The highest BCUT2D eigenvalue weighted by molar-refractivity contribution is 5.23. The molecule has 0 spiro atoms. The van der Waals surface area contributed by atoms with Crippen LogP contribution in [0.3, 0.4) is 0 Å². The maximum Gasteiger partial charge on any atom is 0.0753 e. The third-order valence-electron chi connectivity index (χ3n) is 2.17. The number of aliphatic hydroxyl groups is 1. The molecule has 0 bridgehead atoms. The SMILES string of the molecule is C=CCC1=C(C)[C@@H](O)CC1. The van der Waals surface area contributed by atoms with Crippen LogP contribution in [0.1, 0.15) is 26.2 Å². The van der Waals surface area contributed by atoms with E-state index < -0.39 is 0 Å². The van der Waals surface area contributed by atoms with Crippen molar-refractivity contribution in [3.05, 3.63) is 23.8 Å². The van der Waals surface area contributed by atoms with Crippen molar-refractivity contribution in [3.8, 4) is 0 Å². The molecule has 1 heteroatoms. The third-order valence-corrected chi connectivity index (χ3v) is 2.17. The summed E-state index contributed by atoms with van der Waals surface area (Å²) in [5.41, 5.74) is 2.54. The Hall–Kier alpha value is -0.560. The van der Waals surface area contributed by atoms with E-state index >= 15 is 0 Å². The zero-order valence-corrected chi connectivity index (χ0v) is 6.43. The number of hydrogen-bond donors (Lipinski definition) is 1. The van der Waals surface area contributed by atoms with Crippen molar-refractivity contribution in [2.75, 3.05) is 0 Å². The summed E-state index contributed by atoms with van der Waals surface area (Å²) in [6, 6.07) is 0. The van der Waals surface area contributed by atoms with E-state index in [1.165, 1.54) is 11.1 Å². The summed E-state index contributed by atoms with van der Waals surface area (Å²) < 4.78 is 0. The maximum atomic E-state index is 9.30. The Kier molecular flexibility index (Phi) is 2.28. The smallest absolute Gasteiger partial charge is 0.0753 e. The first-order valence-corrected chi connectivity index (χ1v) is 3.73. The Bertz CT molecular complexity index is 168. The monoisotopic (exact) mass is 138 g/mol. The minimum atomic E-state index is -0.171. The summed E-state index contributed by atoms with van der Waals surface area (Å²) in [6.07, 6.45) is 4.64. The van der Waals surface area contributed by atoms with Crippen LogP contribution in [-0.2, 0) is 0 Å². The minimum absolute atomic E-state index is 0.171. The molecule has 0 saturated carbocycles. The molecule has 10 heavy (non-hydrogen) atoms. The number of hydrogen-bond acceptors (Lipinski definition) is 1. The van der Waals surface area contributed by atoms with E-state index in [4.69, 9.17) is 0 Å². The quantitative estimate of drug-likeness (QED) is 0.579. The fraction of sp³-hybridized carbons (Fsp3) is 0.556. The Balaban J connectivity index is 2.64. The molecule has 0 aromatic carbocycles. The van der Waals surface area contributed by atoms with Crippen LogP contribution in [0.2, 0.25) is 0 Å². The first kappa shape index (κ1) is 7.55. The van der Waals surface area contributed by atoms with E-state index in [1.54, 1.807) is 0 Å². The molecule has 1 aliphatic rings. The fourth-order valence-corrected chi connectivity index (χ4v) is 1.40. The highest BCUT2D eigenvalue weighted by atomic mass is 16.3. The Labute approximate surface area is 62.1 Å². The van der Waals surface area contributed by atoms with Gasteiger partial charge in [-0.2, -0.15) is 0 Å². The molecule has 56 valence electrons. The molecule has 0 aliphatic heterocycles. The Morgan fingerprint density at radius 1 is 1.80 bits per heavy atom. The molecule has 1 rings (SSSR count). The molecule has 0 amide bonds. The first-order valence-electron chi connectivity index (χ1n) is 3.73. The Morgan fingerprint density at radius 3 is 2.90 bits per heavy atom. The number of allylic oxidation sites excluding steroid dienone is 2. The van der Waals surface area contributed by atoms with E-state index in [2.05, 4.69) is 6.58 Å². The molecule has 1 nitrogen and oxygen atoms in total. The second-order valence-corrected chi connectivity index (χ2v) is 2.83. The van der Waals surface area contributed by atoms with E-state index in [1.807, 2.05) is 13.0 Å². The van der Waals surface area contributed by atoms with Crippen molar-refractivity contribution in [3.63, 3.8) is 0 Å². The molecular formula is C9H14O. The lowest BCUT2D eigenvalue weighted by Crippen LogP contribution is -2.00. The van der Waals surface area contributed by atoms with E-state index in [0.29, 0.717) is 0 Å². The van der Waals surface area contributed by atoms with Gasteiger partial charge in [-0.05, 0) is 31.8 Å². The fourth-order valence-electron chi connectivity index (χ4n) is 1.40. The van der Waals surface area contributed by atoms with Gasteiger partial charge in [0, 0.05) is 0 Å². The van der Waals surface area contributed by atoms with Crippen molar-refractivity contribution in [2.24, 2.45) is 0 Å². The lowest BCUT2D eigenvalue weighted by molar-refractivity contribution is 0.212. The summed E-state index contributed by atoms with van der Waals surface area (Å²) in [6.45, 7) is 5.68. The van der Waals surface area contributed by atoms with E-state index in [0.717, 1.165) is 19.3 Å². The van der Waals surface area contributed by atoms with Gasteiger partial charge in [-0.3, -0.25) is 0 Å². The van der Waals surface area contributed by atoms with Gasteiger partial charge in [0.2, 0.25) is 0 Å². The van der Waals surface area contributed by atoms with Crippen LogP contribution in [0, 0.1) is 0 Å². The normalized spacial score (nSPS) is 25.6. The molecule has 0 radical (unpaired) electrons. The molecule has 0 aromatic heterocycles. The van der Waals surface area contributed by atoms with Gasteiger partial charge in [0.25, 0.3) is 0 Å². The second kappa shape index (κ2) is 3.02. The predicted octanol–water partition coefficient (Wildman–Crippen LogP) is 2.03. The van der Waals surface area contributed by atoms with Gasteiger partial charge in [-0.15, -0.1) is 6.58 Å². The third kappa shape index (κ3) is 1.29. The van der Waals surface area contributed by atoms with Gasteiger partial charge in [0.1, 0.15) is 0 Å². The maximum absolute atomic E-state index is 9.30. The van der Waals surface area contributed by atoms with Crippen LogP contribution < -0.4 is 0 Å².